The topological polar surface area (TPSA) is 27.8 Å². The van der Waals surface area contributed by atoms with Gasteiger partial charge in [0.25, 0.3) is 0 Å². The average molecular weight is 206 g/mol. The smallest absolute Gasteiger partial charge is 0.0389 e. The van der Waals surface area contributed by atoms with Crippen LogP contribution in [0, 0.1) is 0 Å². The Morgan fingerprint density at radius 3 is 3.00 bits per heavy atom. The van der Waals surface area contributed by atoms with Crippen LogP contribution >= 0.6 is 11.3 Å². The Morgan fingerprint density at radius 1 is 1.43 bits per heavy atom. The lowest BCUT2D eigenvalue weighted by Gasteiger charge is -2.10. The molecule has 2 heterocycles. The monoisotopic (exact) mass is 206 g/mol. The van der Waals surface area contributed by atoms with Gasteiger partial charge in [-0.3, -0.25) is 0 Å². The Kier molecular flexibility index (Phi) is 3.01. The summed E-state index contributed by atoms with van der Waals surface area (Å²) in [4.78, 5) is 4.56. The summed E-state index contributed by atoms with van der Waals surface area (Å²) in [5.41, 5.74) is 1.23. The van der Waals surface area contributed by atoms with Gasteiger partial charge in [0, 0.05) is 29.4 Å². The number of rotatable bonds is 4. The molecule has 0 spiro atoms. The van der Waals surface area contributed by atoms with Gasteiger partial charge in [0.2, 0.25) is 0 Å². The summed E-state index contributed by atoms with van der Waals surface area (Å²) < 4.78 is 0. The number of hydrogen-bond acceptors (Lipinski definition) is 2. The first-order valence-corrected chi connectivity index (χ1v) is 5.63. The highest BCUT2D eigenvalue weighted by Gasteiger charge is 2.04. The van der Waals surface area contributed by atoms with Gasteiger partial charge < -0.3 is 10.3 Å². The van der Waals surface area contributed by atoms with Gasteiger partial charge in [-0.25, -0.2) is 0 Å². The lowest BCUT2D eigenvalue weighted by Crippen LogP contribution is -2.17. The molecule has 0 radical (unpaired) electrons. The molecule has 0 saturated heterocycles. The van der Waals surface area contributed by atoms with Crippen LogP contribution in [0.1, 0.15) is 23.5 Å². The highest BCUT2D eigenvalue weighted by molar-refractivity contribution is 7.10. The van der Waals surface area contributed by atoms with Crippen molar-refractivity contribution in [3.8, 4) is 0 Å². The summed E-state index contributed by atoms with van der Waals surface area (Å²) in [6.07, 6.45) is 1.95. The normalized spacial score (nSPS) is 12.9. The van der Waals surface area contributed by atoms with Gasteiger partial charge in [0.15, 0.2) is 0 Å². The highest BCUT2D eigenvalue weighted by Crippen LogP contribution is 2.18. The van der Waals surface area contributed by atoms with Gasteiger partial charge in [-0.2, -0.15) is 0 Å². The summed E-state index contributed by atoms with van der Waals surface area (Å²) in [6, 6.07) is 8.79. The van der Waals surface area contributed by atoms with E-state index in [4.69, 9.17) is 0 Å². The van der Waals surface area contributed by atoms with Crippen molar-refractivity contribution in [2.75, 3.05) is 0 Å². The zero-order chi connectivity index (χ0) is 9.80. The van der Waals surface area contributed by atoms with Crippen molar-refractivity contribution < 1.29 is 0 Å². The Labute approximate surface area is 88.0 Å². The van der Waals surface area contributed by atoms with Crippen LogP contribution in [-0.4, -0.2) is 4.98 Å². The van der Waals surface area contributed by atoms with Gasteiger partial charge >= 0.3 is 0 Å². The fourth-order valence-electron chi connectivity index (χ4n) is 1.38. The third kappa shape index (κ3) is 2.25. The molecular formula is C11H14N2S. The van der Waals surface area contributed by atoms with Gasteiger partial charge in [0.1, 0.15) is 0 Å². The minimum atomic E-state index is 0.429. The number of H-pyrrole nitrogens is 1. The van der Waals surface area contributed by atoms with E-state index in [1.165, 1.54) is 10.6 Å². The Balaban J connectivity index is 1.87. The van der Waals surface area contributed by atoms with E-state index in [9.17, 15) is 0 Å². The zero-order valence-electron chi connectivity index (χ0n) is 8.16. The van der Waals surface area contributed by atoms with Crippen molar-refractivity contribution in [1.29, 1.82) is 0 Å². The molecule has 2 rings (SSSR count). The van der Waals surface area contributed by atoms with Crippen LogP contribution < -0.4 is 5.32 Å². The number of aromatic nitrogens is 1. The van der Waals surface area contributed by atoms with E-state index in [1.54, 1.807) is 11.3 Å². The molecule has 2 aromatic rings. The molecule has 0 aromatic carbocycles. The molecule has 2 nitrogen and oxygen atoms in total. The SMILES string of the molecule is C[C@H](NCc1ccc[nH]1)c1cccs1. The molecule has 0 aliphatic heterocycles. The maximum absolute atomic E-state index is 3.47. The molecule has 0 bridgehead atoms. The summed E-state index contributed by atoms with van der Waals surface area (Å²) in [5.74, 6) is 0. The van der Waals surface area contributed by atoms with Gasteiger partial charge in [-0.15, -0.1) is 11.3 Å². The third-order valence-corrected chi connectivity index (χ3v) is 3.29. The van der Waals surface area contributed by atoms with Crippen molar-refractivity contribution in [3.05, 3.63) is 46.4 Å². The molecule has 1 atom stereocenters. The Hall–Kier alpha value is -1.06. The summed E-state index contributed by atoms with van der Waals surface area (Å²) in [5, 5.41) is 5.58. The standard InChI is InChI=1S/C11H14N2S/c1-9(11-5-3-7-14-11)13-8-10-4-2-6-12-10/h2-7,9,12-13H,8H2,1H3/t9-/m0/s1. The molecule has 0 saturated carbocycles. The van der Waals surface area contributed by atoms with Crippen LogP contribution in [0.25, 0.3) is 0 Å². The van der Waals surface area contributed by atoms with Crippen molar-refractivity contribution in [3.63, 3.8) is 0 Å². The molecule has 3 heteroatoms. The van der Waals surface area contributed by atoms with Gasteiger partial charge in [0.05, 0.1) is 0 Å². The van der Waals surface area contributed by atoms with Crippen molar-refractivity contribution in [2.45, 2.75) is 19.5 Å². The molecular weight excluding hydrogens is 192 g/mol. The molecule has 2 aromatic heterocycles. The lowest BCUT2D eigenvalue weighted by atomic mass is 10.2. The van der Waals surface area contributed by atoms with Crippen LogP contribution in [0.15, 0.2) is 35.8 Å². The molecule has 0 aliphatic carbocycles. The first-order chi connectivity index (χ1) is 6.86. The van der Waals surface area contributed by atoms with E-state index < -0.39 is 0 Å². The number of aromatic amines is 1. The van der Waals surface area contributed by atoms with Crippen molar-refractivity contribution in [2.24, 2.45) is 0 Å². The van der Waals surface area contributed by atoms with E-state index in [-0.39, 0.29) is 0 Å². The molecule has 2 N–H and O–H groups in total. The van der Waals surface area contributed by atoms with Crippen LogP contribution in [0.4, 0.5) is 0 Å². The van der Waals surface area contributed by atoms with E-state index >= 15 is 0 Å². The minimum absolute atomic E-state index is 0.429. The first kappa shape index (κ1) is 9.49. The lowest BCUT2D eigenvalue weighted by molar-refractivity contribution is 0.577. The molecule has 0 aliphatic rings. The third-order valence-electron chi connectivity index (χ3n) is 2.23. The maximum Gasteiger partial charge on any atom is 0.0389 e. The zero-order valence-corrected chi connectivity index (χ0v) is 8.97. The predicted molar refractivity (Wildman–Crippen MR) is 60.4 cm³/mol. The van der Waals surface area contributed by atoms with Crippen LogP contribution in [0.5, 0.6) is 0 Å². The van der Waals surface area contributed by atoms with Crippen LogP contribution in [0.3, 0.4) is 0 Å². The Morgan fingerprint density at radius 2 is 2.36 bits per heavy atom. The van der Waals surface area contributed by atoms with E-state index in [1.807, 2.05) is 12.3 Å². The highest BCUT2D eigenvalue weighted by atomic mass is 32.1. The molecule has 14 heavy (non-hydrogen) atoms. The summed E-state index contributed by atoms with van der Waals surface area (Å²) in [7, 11) is 0. The fraction of sp³-hybridized carbons (Fsp3) is 0.273. The van der Waals surface area contributed by atoms with E-state index in [2.05, 4.69) is 40.8 Å². The minimum Gasteiger partial charge on any atom is -0.364 e. The maximum atomic E-state index is 3.47. The molecule has 0 fully saturated rings. The number of nitrogens with one attached hydrogen (secondary N) is 2. The summed E-state index contributed by atoms with van der Waals surface area (Å²) in [6.45, 7) is 3.08. The van der Waals surface area contributed by atoms with Crippen LogP contribution in [-0.2, 0) is 6.54 Å². The first-order valence-electron chi connectivity index (χ1n) is 4.75. The average Bonchev–Trinajstić information content (AvgIpc) is 2.87. The predicted octanol–water partition coefficient (Wildman–Crippen LogP) is 2.93. The quantitative estimate of drug-likeness (QED) is 0.791. The fourth-order valence-corrected chi connectivity index (χ4v) is 2.14. The Bertz CT molecular complexity index is 351. The van der Waals surface area contributed by atoms with E-state index in [0.29, 0.717) is 6.04 Å². The van der Waals surface area contributed by atoms with Crippen molar-refractivity contribution in [1.82, 2.24) is 10.3 Å². The second-order valence-corrected chi connectivity index (χ2v) is 4.29. The van der Waals surface area contributed by atoms with Crippen molar-refractivity contribution >= 4 is 11.3 Å². The number of hydrogen-bond donors (Lipinski definition) is 2. The largest absolute Gasteiger partial charge is 0.364 e. The molecule has 0 unspecified atom stereocenters. The van der Waals surface area contributed by atoms with Crippen LogP contribution in [0.2, 0.25) is 0 Å². The second kappa shape index (κ2) is 4.44. The van der Waals surface area contributed by atoms with Gasteiger partial charge in [-0.05, 0) is 30.5 Å². The molecule has 74 valence electrons. The van der Waals surface area contributed by atoms with Gasteiger partial charge in [-0.1, -0.05) is 6.07 Å². The van der Waals surface area contributed by atoms with E-state index in [0.717, 1.165) is 6.54 Å². The number of thiophene rings is 1. The summed E-state index contributed by atoms with van der Waals surface area (Å²) >= 11 is 1.80. The molecule has 0 amide bonds. The second-order valence-electron chi connectivity index (χ2n) is 3.31.